The van der Waals surface area contributed by atoms with Gasteiger partial charge in [-0.15, -0.1) is 11.3 Å². The highest BCUT2D eigenvalue weighted by Gasteiger charge is 2.41. The molecule has 2 fully saturated rings. The third-order valence-corrected chi connectivity index (χ3v) is 4.35. The number of Topliss-reactive ketones (excluding diaryl/α,β-unsaturated/α-hetero) is 1. The van der Waals surface area contributed by atoms with E-state index >= 15 is 0 Å². The van der Waals surface area contributed by atoms with E-state index in [0.717, 1.165) is 36.5 Å². The van der Waals surface area contributed by atoms with Crippen molar-refractivity contribution in [3.63, 3.8) is 0 Å². The number of anilines is 1. The molecular formula is C11H14N2OS. The van der Waals surface area contributed by atoms with Crippen LogP contribution in [-0.2, 0) is 4.79 Å². The minimum atomic E-state index is 0.432. The lowest BCUT2D eigenvalue weighted by molar-refractivity contribution is -0.120. The Labute approximate surface area is 93.1 Å². The Morgan fingerprint density at radius 1 is 1.40 bits per heavy atom. The number of thiazole rings is 1. The van der Waals surface area contributed by atoms with E-state index in [0.29, 0.717) is 17.9 Å². The highest BCUT2D eigenvalue weighted by atomic mass is 32.1. The van der Waals surface area contributed by atoms with Crippen LogP contribution in [0.15, 0.2) is 5.38 Å². The van der Waals surface area contributed by atoms with Crippen LogP contribution in [0, 0.1) is 6.92 Å². The minimum Gasteiger partial charge on any atom is -0.341 e. The molecule has 0 saturated carbocycles. The minimum absolute atomic E-state index is 0.432. The fourth-order valence-corrected chi connectivity index (χ4v) is 3.69. The van der Waals surface area contributed by atoms with E-state index in [1.54, 1.807) is 11.3 Å². The number of rotatable bonds is 1. The van der Waals surface area contributed by atoms with Crippen LogP contribution < -0.4 is 4.90 Å². The quantitative estimate of drug-likeness (QED) is 0.730. The topological polar surface area (TPSA) is 33.2 Å². The summed E-state index contributed by atoms with van der Waals surface area (Å²) in [7, 11) is 0. The van der Waals surface area contributed by atoms with Gasteiger partial charge in [0.1, 0.15) is 5.78 Å². The van der Waals surface area contributed by atoms with E-state index < -0.39 is 0 Å². The average molecular weight is 222 g/mol. The second-order valence-corrected chi connectivity index (χ2v) is 5.35. The van der Waals surface area contributed by atoms with Crippen molar-refractivity contribution < 1.29 is 4.79 Å². The predicted molar refractivity (Wildman–Crippen MR) is 60.4 cm³/mol. The maximum absolute atomic E-state index is 11.5. The van der Waals surface area contributed by atoms with Gasteiger partial charge in [0.05, 0.1) is 5.69 Å². The molecule has 1 aromatic heterocycles. The van der Waals surface area contributed by atoms with Crippen LogP contribution in [-0.4, -0.2) is 22.9 Å². The number of piperidine rings is 1. The summed E-state index contributed by atoms with van der Waals surface area (Å²) >= 11 is 1.71. The van der Waals surface area contributed by atoms with Crippen LogP contribution in [0.25, 0.3) is 0 Å². The fourth-order valence-electron chi connectivity index (χ4n) is 2.74. The number of aromatic nitrogens is 1. The fraction of sp³-hybridized carbons (Fsp3) is 0.636. The summed E-state index contributed by atoms with van der Waals surface area (Å²) in [6.07, 6.45) is 3.79. The molecule has 0 aromatic carbocycles. The van der Waals surface area contributed by atoms with Gasteiger partial charge < -0.3 is 4.90 Å². The molecule has 2 atom stereocenters. The molecule has 1 aromatic rings. The van der Waals surface area contributed by atoms with Crippen molar-refractivity contribution in [3.8, 4) is 0 Å². The monoisotopic (exact) mass is 222 g/mol. The molecule has 3 nitrogen and oxygen atoms in total. The Hall–Kier alpha value is -0.900. The molecular weight excluding hydrogens is 208 g/mol. The van der Waals surface area contributed by atoms with Gasteiger partial charge in [-0.1, -0.05) is 0 Å². The van der Waals surface area contributed by atoms with E-state index in [2.05, 4.69) is 15.3 Å². The molecule has 2 unspecified atom stereocenters. The SMILES string of the molecule is Cc1csc(N2C3CCC2CC(=O)C3)n1. The van der Waals surface area contributed by atoms with Gasteiger partial charge in [-0.25, -0.2) is 4.98 Å². The number of carbonyl (C=O) groups is 1. The molecule has 0 spiro atoms. The second kappa shape index (κ2) is 3.30. The first-order chi connectivity index (χ1) is 7.24. The number of carbonyl (C=O) groups excluding carboxylic acids is 1. The number of ketones is 1. The van der Waals surface area contributed by atoms with Crippen molar-refractivity contribution in [1.82, 2.24) is 4.98 Å². The van der Waals surface area contributed by atoms with E-state index in [-0.39, 0.29) is 0 Å². The molecule has 0 amide bonds. The zero-order valence-corrected chi connectivity index (χ0v) is 9.59. The Morgan fingerprint density at radius 3 is 2.60 bits per heavy atom. The Bertz CT molecular complexity index is 385. The molecule has 4 heteroatoms. The summed E-state index contributed by atoms with van der Waals surface area (Å²) in [5.74, 6) is 0.437. The van der Waals surface area contributed by atoms with Crippen LogP contribution in [0.2, 0.25) is 0 Å². The maximum atomic E-state index is 11.5. The van der Waals surface area contributed by atoms with Gasteiger partial charge in [-0.05, 0) is 19.8 Å². The zero-order chi connectivity index (χ0) is 10.4. The number of nitrogens with zero attached hydrogens (tertiary/aromatic N) is 2. The van der Waals surface area contributed by atoms with Crippen LogP contribution in [0.3, 0.4) is 0 Å². The third-order valence-electron chi connectivity index (χ3n) is 3.37. The number of hydrogen-bond donors (Lipinski definition) is 0. The molecule has 2 saturated heterocycles. The largest absolute Gasteiger partial charge is 0.341 e. The molecule has 3 heterocycles. The van der Waals surface area contributed by atoms with Crippen molar-refractivity contribution >= 4 is 22.3 Å². The third kappa shape index (κ3) is 1.47. The number of fused-ring (bicyclic) bond motifs is 2. The van der Waals surface area contributed by atoms with E-state index in [1.165, 1.54) is 0 Å². The molecule has 2 aliphatic heterocycles. The summed E-state index contributed by atoms with van der Waals surface area (Å²) in [4.78, 5) is 18.4. The van der Waals surface area contributed by atoms with Gasteiger partial charge in [0.15, 0.2) is 5.13 Å². The first kappa shape index (κ1) is 9.33. The first-order valence-corrected chi connectivity index (χ1v) is 6.34. The number of hydrogen-bond acceptors (Lipinski definition) is 4. The number of aryl methyl sites for hydroxylation is 1. The van der Waals surface area contributed by atoms with Crippen molar-refractivity contribution in [1.29, 1.82) is 0 Å². The molecule has 80 valence electrons. The lowest BCUT2D eigenvalue weighted by Crippen LogP contribution is -2.43. The Kier molecular flexibility index (Phi) is 2.06. The van der Waals surface area contributed by atoms with Crippen LogP contribution in [0.5, 0.6) is 0 Å². The lowest BCUT2D eigenvalue weighted by Gasteiger charge is -2.33. The van der Waals surface area contributed by atoms with Gasteiger partial charge in [0.2, 0.25) is 0 Å². The molecule has 0 radical (unpaired) electrons. The van der Waals surface area contributed by atoms with E-state index in [4.69, 9.17) is 0 Å². The first-order valence-electron chi connectivity index (χ1n) is 5.46. The van der Waals surface area contributed by atoms with Crippen molar-refractivity contribution in [2.45, 2.75) is 44.7 Å². The summed E-state index contributed by atoms with van der Waals surface area (Å²) in [5, 5.41) is 3.21. The summed E-state index contributed by atoms with van der Waals surface area (Å²) in [6.45, 7) is 2.02. The highest BCUT2D eigenvalue weighted by Crippen LogP contribution is 2.38. The van der Waals surface area contributed by atoms with Gasteiger partial charge >= 0.3 is 0 Å². The van der Waals surface area contributed by atoms with Gasteiger partial charge in [-0.2, -0.15) is 0 Å². The van der Waals surface area contributed by atoms with E-state index in [9.17, 15) is 4.79 Å². The summed E-state index contributed by atoms with van der Waals surface area (Å²) < 4.78 is 0. The van der Waals surface area contributed by atoms with Crippen LogP contribution >= 0.6 is 11.3 Å². The normalized spacial score (nSPS) is 29.9. The standard InChI is InChI=1S/C11H14N2OS/c1-7-6-15-11(12-7)13-8-2-3-9(13)5-10(14)4-8/h6,8-9H,2-5H2,1H3. The Balaban J connectivity index is 1.91. The van der Waals surface area contributed by atoms with Gasteiger partial charge in [-0.3, -0.25) is 4.79 Å². The van der Waals surface area contributed by atoms with Gasteiger partial charge in [0.25, 0.3) is 0 Å². The maximum Gasteiger partial charge on any atom is 0.186 e. The molecule has 2 bridgehead atoms. The second-order valence-electron chi connectivity index (χ2n) is 4.51. The predicted octanol–water partition coefficient (Wildman–Crippen LogP) is 2.15. The van der Waals surface area contributed by atoms with Crippen molar-refractivity contribution in [2.24, 2.45) is 0 Å². The molecule has 3 rings (SSSR count). The lowest BCUT2D eigenvalue weighted by atomic mass is 10.0. The average Bonchev–Trinajstić information content (AvgIpc) is 2.69. The summed E-state index contributed by atoms with van der Waals surface area (Å²) in [6, 6.07) is 0.864. The van der Waals surface area contributed by atoms with Gasteiger partial charge in [0, 0.05) is 30.3 Å². The summed E-state index contributed by atoms with van der Waals surface area (Å²) in [5.41, 5.74) is 1.09. The van der Waals surface area contributed by atoms with Crippen LogP contribution in [0.1, 0.15) is 31.4 Å². The van der Waals surface area contributed by atoms with Crippen LogP contribution in [0.4, 0.5) is 5.13 Å². The zero-order valence-electron chi connectivity index (χ0n) is 8.77. The Morgan fingerprint density at radius 2 is 2.07 bits per heavy atom. The smallest absolute Gasteiger partial charge is 0.186 e. The molecule has 15 heavy (non-hydrogen) atoms. The molecule has 0 aliphatic carbocycles. The molecule has 0 N–H and O–H groups in total. The van der Waals surface area contributed by atoms with Crippen molar-refractivity contribution in [2.75, 3.05) is 4.90 Å². The van der Waals surface area contributed by atoms with E-state index in [1.807, 2.05) is 6.92 Å². The highest BCUT2D eigenvalue weighted by molar-refractivity contribution is 7.13. The molecule has 2 aliphatic rings. The van der Waals surface area contributed by atoms with Crippen molar-refractivity contribution in [3.05, 3.63) is 11.1 Å².